The van der Waals surface area contributed by atoms with Crippen LogP contribution in [0.3, 0.4) is 0 Å². The van der Waals surface area contributed by atoms with Crippen molar-refractivity contribution in [3.05, 3.63) is 30.3 Å². The molecule has 1 aromatic rings. The molecule has 1 amide bonds. The van der Waals surface area contributed by atoms with E-state index in [1.54, 1.807) is 0 Å². The highest BCUT2D eigenvalue weighted by atomic mass is 16.2. The highest BCUT2D eigenvalue weighted by Gasteiger charge is 2.26. The van der Waals surface area contributed by atoms with Gasteiger partial charge in [0, 0.05) is 44.5 Å². The lowest BCUT2D eigenvalue weighted by Gasteiger charge is -2.38. The quantitative estimate of drug-likeness (QED) is 0.856. The van der Waals surface area contributed by atoms with Crippen LogP contribution in [0.15, 0.2) is 30.3 Å². The Hall–Kier alpha value is -1.55. The lowest BCUT2D eigenvalue weighted by Crippen LogP contribution is -2.52. The maximum Gasteiger partial charge on any atom is 0.236 e. The molecule has 0 radical (unpaired) electrons. The van der Waals surface area contributed by atoms with Gasteiger partial charge in [-0.2, -0.15) is 0 Å². The molecule has 0 saturated carbocycles. The van der Waals surface area contributed by atoms with Crippen LogP contribution in [0.25, 0.3) is 0 Å². The molecular weight excluding hydrogens is 274 g/mol. The van der Waals surface area contributed by atoms with E-state index in [-0.39, 0.29) is 0 Å². The number of likely N-dealkylation sites (tertiary alicyclic amines) is 1. The smallest absolute Gasteiger partial charge is 0.236 e. The Bertz CT molecular complexity index is 482. The Morgan fingerprint density at radius 2 is 1.77 bits per heavy atom. The summed E-state index contributed by atoms with van der Waals surface area (Å²) in [6.07, 6.45) is 3.59. The van der Waals surface area contributed by atoms with Gasteiger partial charge in [0.1, 0.15) is 0 Å². The number of piperazine rings is 1. The molecule has 2 saturated heterocycles. The van der Waals surface area contributed by atoms with Crippen LogP contribution in [0.1, 0.15) is 26.2 Å². The topological polar surface area (TPSA) is 26.8 Å². The summed E-state index contributed by atoms with van der Waals surface area (Å²) in [4.78, 5) is 19.3. The molecule has 1 atom stereocenters. The molecule has 0 aliphatic carbocycles. The molecule has 0 bridgehead atoms. The molecule has 120 valence electrons. The molecule has 1 unspecified atom stereocenters. The Morgan fingerprint density at radius 1 is 1.05 bits per heavy atom. The van der Waals surface area contributed by atoms with Gasteiger partial charge in [0.05, 0.1) is 6.54 Å². The number of benzene rings is 1. The minimum atomic E-state index is 0.320. The predicted octanol–water partition coefficient (Wildman–Crippen LogP) is 2.21. The van der Waals surface area contributed by atoms with Crippen LogP contribution in [0.2, 0.25) is 0 Å². The first-order valence-corrected chi connectivity index (χ1v) is 8.56. The van der Waals surface area contributed by atoms with Gasteiger partial charge in [0.25, 0.3) is 0 Å². The number of hydrogen-bond donors (Lipinski definition) is 0. The van der Waals surface area contributed by atoms with Crippen molar-refractivity contribution in [1.82, 2.24) is 9.80 Å². The second-order valence-electron chi connectivity index (χ2n) is 6.53. The summed E-state index contributed by atoms with van der Waals surface area (Å²) in [6.45, 7) is 7.69. The minimum absolute atomic E-state index is 0.320. The number of piperidine rings is 1. The Morgan fingerprint density at radius 3 is 2.45 bits per heavy atom. The normalized spacial score (nSPS) is 23.6. The number of carbonyl (C=O) groups excluding carboxylic acids is 1. The number of amides is 1. The average molecular weight is 301 g/mol. The van der Waals surface area contributed by atoms with Crippen molar-refractivity contribution in [2.75, 3.05) is 44.2 Å². The number of carbonyl (C=O) groups is 1. The van der Waals surface area contributed by atoms with Gasteiger partial charge >= 0.3 is 0 Å². The second-order valence-corrected chi connectivity index (χ2v) is 6.53. The van der Waals surface area contributed by atoms with Gasteiger partial charge in [0.15, 0.2) is 0 Å². The number of hydrogen-bond acceptors (Lipinski definition) is 3. The zero-order valence-electron chi connectivity index (χ0n) is 13.6. The van der Waals surface area contributed by atoms with Crippen molar-refractivity contribution < 1.29 is 4.79 Å². The summed E-state index contributed by atoms with van der Waals surface area (Å²) in [5, 5.41) is 0. The fraction of sp³-hybridized carbons (Fsp3) is 0.611. The zero-order chi connectivity index (χ0) is 15.4. The van der Waals surface area contributed by atoms with Gasteiger partial charge in [-0.25, -0.2) is 0 Å². The second kappa shape index (κ2) is 7.14. The van der Waals surface area contributed by atoms with Gasteiger partial charge in [-0.15, -0.1) is 0 Å². The lowest BCUT2D eigenvalue weighted by atomic mass is 10.0. The Balaban J connectivity index is 1.48. The molecule has 4 nitrogen and oxygen atoms in total. The van der Waals surface area contributed by atoms with Crippen LogP contribution in [0.4, 0.5) is 5.69 Å². The molecule has 2 aliphatic rings. The third-order valence-electron chi connectivity index (χ3n) is 4.98. The summed E-state index contributed by atoms with van der Waals surface area (Å²) in [5.41, 5.74) is 1.29. The molecule has 2 heterocycles. The van der Waals surface area contributed by atoms with Crippen LogP contribution in [0, 0.1) is 0 Å². The number of anilines is 1. The molecule has 22 heavy (non-hydrogen) atoms. The highest BCUT2D eigenvalue weighted by Crippen LogP contribution is 2.18. The fourth-order valence-corrected chi connectivity index (χ4v) is 3.55. The van der Waals surface area contributed by atoms with E-state index in [2.05, 4.69) is 52.0 Å². The Kier molecular flexibility index (Phi) is 4.98. The van der Waals surface area contributed by atoms with E-state index in [4.69, 9.17) is 0 Å². The molecule has 0 spiro atoms. The molecule has 0 aromatic heterocycles. The van der Waals surface area contributed by atoms with Crippen LogP contribution in [-0.4, -0.2) is 61.0 Å². The van der Waals surface area contributed by atoms with Gasteiger partial charge in [-0.3, -0.25) is 9.69 Å². The Labute approximate surface area is 133 Å². The summed E-state index contributed by atoms with van der Waals surface area (Å²) in [7, 11) is 0. The van der Waals surface area contributed by atoms with Gasteiger partial charge in [-0.1, -0.05) is 18.2 Å². The van der Waals surface area contributed by atoms with Crippen molar-refractivity contribution in [3.8, 4) is 0 Å². The first kappa shape index (κ1) is 15.3. The summed E-state index contributed by atoms with van der Waals surface area (Å²) >= 11 is 0. The standard InChI is InChI=1S/C18H27N3O/c1-16-7-5-6-10-21(16)18(22)15-19-11-13-20(14-12-19)17-8-3-2-4-9-17/h2-4,8-9,16H,5-7,10-15H2,1H3. The fourth-order valence-electron chi connectivity index (χ4n) is 3.55. The third-order valence-corrected chi connectivity index (χ3v) is 4.98. The van der Waals surface area contributed by atoms with E-state index in [0.717, 1.165) is 45.6 Å². The molecule has 0 N–H and O–H groups in total. The molecule has 1 aromatic carbocycles. The van der Waals surface area contributed by atoms with Crippen LogP contribution >= 0.6 is 0 Å². The average Bonchev–Trinajstić information content (AvgIpc) is 2.57. The first-order chi connectivity index (χ1) is 10.7. The van der Waals surface area contributed by atoms with Gasteiger partial charge in [0.2, 0.25) is 5.91 Å². The summed E-state index contributed by atoms with van der Waals surface area (Å²) < 4.78 is 0. The summed E-state index contributed by atoms with van der Waals surface area (Å²) in [5.74, 6) is 0.320. The number of rotatable bonds is 3. The van der Waals surface area contributed by atoms with Crippen molar-refractivity contribution in [2.45, 2.75) is 32.2 Å². The number of nitrogens with zero attached hydrogens (tertiary/aromatic N) is 3. The van der Waals surface area contributed by atoms with Crippen molar-refractivity contribution in [3.63, 3.8) is 0 Å². The minimum Gasteiger partial charge on any atom is -0.369 e. The van der Waals surface area contributed by atoms with E-state index in [9.17, 15) is 4.79 Å². The maximum atomic E-state index is 12.5. The monoisotopic (exact) mass is 301 g/mol. The predicted molar refractivity (Wildman–Crippen MR) is 90.1 cm³/mol. The van der Waals surface area contributed by atoms with E-state index in [0.29, 0.717) is 18.5 Å². The first-order valence-electron chi connectivity index (χ1n) is 8.56. The third kappa shape index (κ3) is 3.61. The van der Waals surface area contributed by atoms with Gasteiger partial charge < -0.3 is 9.80 Å². The highest BCUT2D eigenvalue weighted by molar-refractivity contribution is 5.78. The van der Waals surface area contributed by atoms with E-state index >= 15 is 0 Å². The molecule has 3 rings (SSSR count). The van der Waals surface area contributed by atoms with Crippen LogP contribution < -0.4 is 4.90 Å². The van der Waals surface area contributed by atoms with Crippen molar-refractivity contribution >= 4 is 11.6 Å². The molecular formula is C18H27N3O. The van der Waals surface area contributed by atoms with Crippen LogP contribution in [-0.2, 0) is 4.79 Å². The molecule has 4 heteroatoms. The summed E-state index contributed by atoms with van der Waals surface area (Å²) in [6, 6.07) is 11.0. The van der Waals surface area contributed by atoms with Gasteiger partial charge in [-0.05, 0) is 38.3 Å². The van der Waals surface area contributed by atoms with E-state index in [1.165, 1.54) is 12.1 Å². The lowest BCUT2D eigenvalue weighted by molar-refractivity contribution is -0.135. The zero-order valence-corrected chi connectivity index (χ0v) is 13.6. The van der Waals surface area contributed by atoms with Crippen LogP contribution in [0.5, 0.6) is 0 Å². The molecule has 2 fully saturated rings. The van der Waals surface area contributed by atoms with Crippen molar-refractivity contribution in [1.29, 1.82) is 0 Å². The van der Waals surface area contributed by atoms with Crippen molar-refractivity contribution in [2.24, 2.45) is 0 Å². The van der Waals surface area contributed by atoms with E-state index in [1.807, 2.05) is 0 Å². The largest absolute Gasteiger partial charge is 0.369 e. The maximum absolute atomic E-state index is 12.5. The van der Waals surface area contributed by atoms with E-state index < -0.39 is 0 Å². The SMILES string of the molecule is CC1CCCCN1C(=O)CN1CCN(c2ccccc2)CC1. The number of para-hydroxylation sites is 1. The molecule has 2 aliphatic heterocycles.